The zero-order chi connectivity index (χ0) is 10.8. The molecule has 0 saturated carbocycles. The molecule has 1 unspecified atom stereocenters. The molecule has 0 aliphatic carbocycles. The van der Waals surface area contributed by atoms with Crippen molar-refractivity contribution in [2.24, 2.45) is 0 Å². The van der Waals surface area contributed by atoms with E-state index in [2.05, 4.69) is 65.6 Å². The van der Waals surface area contributed by atoms with Crippen molar-refractivity contribution in [1.82, 2.24) is 0 Å². The Kier molecular flexibility index (Phi) is 2.88. The van der Waals surface area contributed by atoms with Gasteiger partial charge < -0.3 is 0 Å². The molecule has 0 amide bonds. The summed E-state index contributed by atoms with van der Waals surface area (Å²) < 4.78 is 0. The van der Waals surface area contributed by atoms with E-state index < -0.39 is 0 Å². The normalized spacial score (nSPS) is 10.3. The van der Waals surface area contributed by atoms with E-state index in [1.54, 1.807) is 0 Å². The third kappa shape index (κ3) is 1.96. The van der Waals surface area contributed by atoms with Gasteiger partial charge in [-0.25, -0.2) is 0 Å². The fourth-order valence-electron chi connectivity index (χ4n) is 1.96. The van der Waals surface area contributed by atoms with Crippen LogP contribution in [0.2, 0.25) is 0 Å². The largest absolute Gasteiger partial charge is 0.105 e. The highest BCUT2D eigenvalue weighted by molar-refractivity contribution is 7.28. The predicted molar refractivity (Wildman–Crippen MR) is 70.7 cm³/mol. The van der Waals surface area contributed by atoms with E-state index in [0.29, 0.717) is 0 Å². The lowest BCUT2D eigenvalue weighted by Crippen LogP contribution is -1.98. The highest BCUT2D eigenvalue weighted by Crippen LogP contribution is 2.26. The lowest BCUT2D eigenvalue weighted by atomic mass is 9.96. The second kappa shape index (κ2) is 4.16. The molecule has 0 N–H and O–H groups in total. The highest BCUT2D eigenvalue weighted by Gasteiger charge is 2.06. The molecule has 2 aromatic carbocycles. The van der Waals surface area contributed by atoms with Crippen molar-refractivity contribution in [1.29, 1.82) is 0 Å². The summed E-state index contributed by atoms with van der Waals surface area (Å²) in [6, 6.07) is 14.9. The first kappa shape index (κ1) is 10.4. The summed E-state index contributed by atoms with van der Waals surface area (Å²) >= 11 is 0. The molecule has 1 atom stereocenters. The van der Waals surface area contributed by atoms with E-state index in [1.807, 2.05) is 0 Å². The van der Waals surface area contributed by atoms with Crippen molar-refractivity contribution in [2.45, 2.75) is 13.8 Å². The van der Waals surface area contributed by atoms with Crippen molar-refractivity contribution < 1.29 is 0 Å². The second-order valence-electron chi connectivity index (χ2n) is 3.85. The molecule has 15 heavy (non-hydrogen) atoms. The van der Waals surface area contributed by atoms with E-state index >= 15 is 0 Å². The van der Waals surface area contributed by atoms with Crippen LogP contribution in [0.15, 0.2) is 42.5 Å². The fraction of sp³-hybridized carbons (Fsp3) is 0.143. The van der Waals surface area contributed by atoms with Crippen molar-refractivity contribution in [3.63, 3.8) is 0 Å². The molecule has 0 bridgehead atoms. The topological polar surface area (TPSA) is 0 Å². The molecule has 0 aromatic heterocycles. The van der Waals surface area contributed by atoms with Gasteiger partial charge in [0, 0.05) is 0 Å². The molecule has 0 aliphatic heterocycles. The van der Waals surface area contributed by atoms with Gasteiger partial charge in [0.1, 0.15) is 0 Å². The Bertz CT molecular complexity index is 466. The van der Waals surface area contributed by atoms with Gasteiger partial charge in [0.25, 0.3) is 0 Å². The molecular formula is C14H15P. The van der Waals surface area contributed by atoms with Gasteiger partial charge in [-0.15, -0.1) is 9.24 Å². The molecule has 2 rings (SSSR count). The Labute approximate surface area is 93.5 Å². The van der Waals surface area contributed by atoms with Crippen molar-refractivity contribution >= 4 is 14.5 Å². The summed E-state index contributed by atoms with van der Waals surface area (Å²) in [7, 11) is 2.80. The monoisotopic (exact) mass is 214 g/mol. The maximum absolute atomic E-state index is 2.80. The molecule has 76 valence electrons. The van der Waals surface area contributed by atoms with Gasteiger partial charge in [0.2, 0.25) is 0 Å². The standard InChI is InChI=1S/C14H15P/c1-10-6-5-7-11(2)14(10)12-8-3-4-9-13(12)15/h3-9H,15H2,1-2H3. The maximum atomic E-state index is 2.80. The van der Waals surface area contributed by atoms with E-state index in [1.165, 1.54) is 27.6 Å². The van der Waals surface area contributed by atoms with E-state index in [0.717, 1.165) is 0 Å². The minimum atomic E-state index is 1.26. The molecule has 0 fully saturated rings. The molecule has 0 nitrogen and oxygen atoms in total. The average molecular weight is 214 g/mol. The number of hydrogen-bond donors (Lipinski definition) is 0. The quantitative estimate of drug-likeness (QED) is 0.638. The first-order chi connectivity index (χ1) is 7.20. The third-order valence-corrected chi connectivity index (χ3v) is 3.21. The second-order valence-corrected chi connectivity index (χ2v) is 4.48. The van der Waals surface area contributed by atoms with E-state index in [-0.39, 0.29) is 0 Å². The summed E-state index contributed by atoms with van der Waals surface area (Å²) in [6.45, 7) is 4.33. The van der Waals surface area contributed by atoms with E-state index in [9.17, 15) is 0 Å². The summed E-state index contributed by atoms with van der Waals surface area (Å²) in [5.74, 6) is 0. The Hall–Kier alpha value is -1.13. The molecule has 2 aromatic rings. The Morgan fingerprint density at radius 3 is 2.00 bits per heavy atom. The van der Waals surface area contributed by atoms with Gasteiger partial charge in [-0.1, -0.05) is 42.5 Å². The Morgan fingerprint density at radius 2 is 1.40 bits per heavy atom. The smallest absolute Gasteiger partial charge is 0.0107 e. The van der Waals surface area contributed by atoms with E-state index in [4.69, 9.17) is 0 Å². The Morgan fingerprint density at radius 1 is 0.800 bits per heavy atom. The number of rotatable bonds is 1. The molecule has 0 saturated heterocycles. The molecule has 1 heteroatoms. The Balaban J connectivity index is 2.69. The number of benzene rings is 2. The average Bonchev–Trinajstić information content (AvgIpc) is 2.20. The predicted octanol–water partition coefficient (Wildman–Crippen LogP) is 3.47. The van der Waals surface area contributed by atoms with Crippen LogP contribution in [-0.2, 0) is 0 Å². The van der Waals surface area contributed by atoms with Gasteiger partial charge >= 0.3 is 0 Å². The van der Waals surface area contributed by atoms with Gasteiger partial charge in [0.15, 0.2) is 0 Å². The zero-order valence-electron chi connectivity index (χ0n) is 9.12. The SMILES string of the molecule is Cc1cccc(C)c1-c1ccccc1P. The van der Waals surface area contributed by atoms with Crippen LogP contribution in [-0.4, -0.2) is 0 Å². The van der Waals surface area contributed by atoms with Crippen LogP contribution >= 0.6 is 9.24 Å². The number of hydrogen-bond acceptors (Lipinski definition) is 0. The first-order valence-electron chi connectivity index (χ1n) is 5.11. The van der Waals surface area contributed by atoms with Crippen LogP contribution in [0.4, 0.5) is 0 Å². The van der Waals surface area contributed by atoms with Crippen molar-refractivity contribution in [3.05, 3.63) is 53.6 Å². The van der Waals surface area contributed by atoms with Crippen LogP contribution in [0.5, 0.6) is 0 Å². The lowest BCUT2D eigenvalue weighted by Gasteiger charge is -2.11. The summed E-state index contributed by atoms with van der Waals surface area (Å²) in [5.41, 5.74) is 5.36. The zero-order valence-corrected chi connectivity index (χ0v) is 10.3. The molecule has 0 heterocycles. The van der Waals surface area contributed by atoms with Crippen LogP contribution in [0.3, 0.4) is 0 Å². The first-order valence-corrected chi connectivity index (χ1v) is 5.69. The van der Waals surface area contributed by atoms with Crippen LogP contribution < -0.4 is 5.30 Å². The fourth-order valence-corrected chi connectivity index (χ4v) is 2.32. The minimum absolute atomic E-state index is 1.26. The summed E-state index contributed by atoms with van der Waals surface area (Å²) in [4.78, 5) is 0. The molecule has 0 aliphatic rings. The van der Waals surface area contributed by atoms with Crippen LogP contribution in [0.1, 0.15) is 11.1 Å². The van der Waals surface area contributed by atoms with Gasteiger partial charge in [-0.05, 0) is 41.4 Å². The number of aryl methyl sites for hydroxylation is 2. The molecule has 0 radical (unpaired) electrons. The minimum Gasteiger partial charge on any atom is -0.105 e. The summed E-state index contributed by atoms with van der Waals surface area (Å²) in [6.07, 6.45) is 0. The lowest BCUT2D eigenvalue weighted by molar-refractivity contribution is 1.38. The summed E-state index contributed by atoms with van der Waals surface area (Å²) in [5, 5.41) is 1.26. The van der Waals surface area contributed by atoms with Crippen molar-refractivity contribution in [3.8, 4) is 11.1 Å². The van der Waals surface area contributed by atoms with Crippen molar-refractivity contribution in [2.75, 3.05) is 0 Å². The third-order valence-electron chi connectivity index (χ3n) is 2.71. The van der Waals surface area contributed by atoms with Crippen LogP contribution in [0, 0.1) is 13.8 Å². The van der Waals surface area contributed by atoms with Gasteiger partial charge in [0.05, 0.1) is 0 Å². The van der Waals surface area contributed by atoms with Crippen LogP contribution in [0.25, 0.3) is 11.1 Å². The maximum Gasteiger partial charge on any atom is -0.0107 e. The van der Waals surface area contributed by atoms with Gasteiger partial charge in [-0.2, -0.15) is 0 Å². The highest BCUT2D eigenvalue weighted by atomic mass is 31.0. The molecular weight excluding hydrogens is 199 g/mol. The molecule has 0 spiro atoms. The van der Waals surface area contributed by atoms with Gasteiger partial charge in [-0.3, -0.25) is 0 Å².